The van der Waals surface area contributed by atoms with Gasteiger partial charge in [0, 0.05) is 16.5 Å². The van der Waals surface area contributed by atoms with E-state index < -0.39 is 11.5 Å². The molecule has 3 aromatic carbocycles. The molecule has 0 unspecified atom stereocenters. The van der Waals surface area contributed by atoms with Gasteiger partial charge in [0.2, 0.25) is 0 Å². The number of hydrogen-bond donors (Lipinski definition) is 1. The van der Waals surface area contributed by atoms with Gasteiger partial charge in [-0.2, -0.15) is 0 Å². The highest BCUT2D eigenvalue weighted by molar-refractivity contribution is 6.09. The van der Waals surface area contributed by atoms with Crippen molar-refractivity contribution in [2.45, 2.75) is 0 Å². The van der Waals surface area contributed by atoms with E-state index in [1.54, 1.807) is 31.4 Å². The molecule has 1 aromatic heterocycles. The molecular weight excluding hydrogens is 330 g/mol. The Morgan fingerprint density at radius 2 is 1.77 bits per heavy atom. The smallest absolute Gasteiger partial charge is 0.349 e. The number of ether oxygens (including phenoxy) is 1. The Bertz CT molecular complexity index is 1190. The molecule has 4 aromatic rings. The van der Waals surface area contributed by atoms with Crippen molar-refractivity contribution in [3.63, 3.8) is 0 Å². The van der Waals surface area contributed by atoms with Crippen molar-refractivity contribution in [3.8, 4) is 5.75 Å². The number of methoxy groups -OCH3 is 1. The van der Waals surface area contributed by atoms with Gasteiger partial charge >= 0.3 is 5.63 Å². The highest BCUT2D eigenvalue weighted by atomic mass is 16.5. The van der Waals surface area contributed by atoms with E-state index in [0.717, 1.165) is 10.8 Å². The van der Waals surface area contributed by atoms with Gasteiger partial charge < -0.3 is 14.5 Å². The molecule has 5 nitrogen and oxygen atoms in total. The molecule has 0 fully saturated rings. The van der Waals surface area contributed by atoms with Gasteiger partial charge in [-0.25, -0.2) is 4.79 Å². The minimum absolute atomic E-state index is 0.0568. The summed E-state index contributed by atoms with van der Waals surface area (Å²) in [5.41, 5.74) is 0.301. The summed E-state index contributed by atoms with van der Waals surface area (Å²) in [5, 5.41) is 5.32. The molecule has 0 spiro atoms. The summed E-state index contributed by atoms with van der Waals surface area (Å²) in [7, 11) is 1.55. The van der Waals surface area contributed by atoms with Gasteiger partial charge in [0.25, 0.3) is 5.91 Å². The zero-order valence-corrected chi connectivity index (χ0v) is 14.0. The fourth-order valence-corrected chi connectivity index (χ4v) is 2.91. The Hall–Kier alpha value is -3.60. The molecule has 1 amide bonds. The van der Waals surface area contributed by atoms with Crippen LogP contribution in [-0.2, 0) is 0 Å². The summed E-state index contributed by atoms with van der Waals surface area (Å²) >= 11 is 0. The maximum Gasteiger partial charge on any atom is 0.349 e. The summed E-state index contributed by atoms with van der Waals surface area (Å²) in [6.07, 6.45) is 0. The first kappa shape index (κ1) is 15.9. The summed E-state index contributed by atoms with van der Waals surface area (Å²) in [6, 6.07) is 19.9. The maximum atomic E-state index is 12.7. The Labute approximate surface area is 148 Å². The zero-order valence-electron chi connectivity index (χ0n) is 14.0. The highest BCUT2D eigenvalue weighted by Gasteiger charge is 2.15. The molecule has 1 heterocycles. The van der Waals surface area contributed by atoms with Crippen molar-refractivity contribution in [2.24, 2.45) is 0 Å². The highest BCUT2D eigenvalue weighted by Crippen LogP contribution is 2.24. The average molecular weight is 345 g/mol. The van der Waals surface area contributed by atoms with Gasteiger partial charge in [-0.1, -0.05) is 36.4 Å². The van der Waals surface area contributed by atoms with Crippen LogP contribution in [0.5, 0.6) is 5.75 Å². The fraction of sp³-hybridized carbons (Fsp3) is 0.0476. The van der Waals surface area contributed by atoms with E-state index in [-0.39, 0.29) is 5.56 Å². The van der Waals surface area contributed by atoms with E-state index in [2.05, 4.69) is 5.32 Å². The topological polar surface area (TPSA) is 68.5 Å². The van der Waals surface area contributed by atoms with E-state index >= 15 is 0 Å². The van der Waals surface area contributed by atoms with E-state index in [0.29, 0.717) is 22.4 Å². The monoisotopic (exact) mass is 345 g/mol. The van der Waals surface area contributed by atoms with Crippen LogP contribution in [0.2, 0.25) is 0 Å². The summed E-state index contributed by atoms with van der Waals surface area (Å²) < 4.78 is 10.4. The molecule has 0 saturated carbocycles. The summed E-state index contributed by atoms with van der Waals surface area (Å²) in [4.78, 5) is 24.9. The Morgan fingerprint density at radius 3 is 2.62 bits per heavy atom. The molecule has 0 atom stereocenters. The predicted octanol–water partition coefficient (Wildman–Crippen LogP) is 4.21. The number of fused-ring (bicyclic) bond motifs is 2. The second-order valence-corrected chi connectivity index (χ2v) is 5.83. The predicted molar refractivity (Wildman–Crippen MR) is 101 cm³/mol. The zero-order chi connectivity index (χ0) is 18.1. The standard InChI is InChI=1S/C21H15NO4/c1-25-15-9-10-19-14(11-15)12-17(21(24)26-19)20(23)22-18-8-4-6-13-5-2-3-7-16(13)18/h2-12H,1H3,(H,22,23). The number of hydrogen-bond acceptors (Lipinski definition) is 4. The van der Waals surface area contributed by atoms with Crippen LogP contribution in [-0.4, -0.2) is 13.0 Å². The van der Waals surface area contributed by atoms with Gasteiger partial charge in [0.15, 0.2) is 0 Å². The molecule has 0 aliphatic heterocycles. The van der Waals surface area contributed by atoms with Crippen molar-refractivity contribution in [1.29, 1.82) is 0 Å². The molecule has 1 N–H and O–H groups in total. The molecule has 0 bridgehead atoms. The largest absolute Gasteiger partial charge is 0.497 e. The van der Waals surface area contributed by atoms with Crippen LogP contribution < -0.4 is 15.7 Å². The molecule has 0 radical (unpaired) electrons. The maximum absolute atomic E-state index is 12.7. The number of benzene rings is 3. The van der Waals surface area contributed by atoms with Crippen molar-refractivity contribution in [1.82, 2.24) is 0 Å². The Morgan fingerprint density at radius 1 is 0.962 bits per heavy atom. The van der Waals surface area contributed by atoms with E-state index in [9.17, 15) is 9.59 Å². The SMILES string of the molecule is COc1ccc2oc(=O)c(C(=O)Nc3cccc4ccccc34)cc2c1. The number of carbonyl (C=O) groups is 1. The van der Waals surface area contributed by atoms with Crippen molar-refractivity contribution in [3.05, 3.63) is 82.7 Å². The van der Waals surface area contributed by atoms with Crippen LogP contribution in [0.4, 0.5) is 5.69 Å². The first-order valence-corrected chi connectivity index (χ1v) is 8.07. The normalized spacial score (nSPS) is 10.8. The lowest BCUT2D eigenvalue weighted by Crippen LogP contribution is -2.20. The van der Waals surface area contributed by atoms with Crippen molar-refractivity contribution in [2.75, 3.05) is 12.4 Å². The van der Waals surface area contributed by atoms with Crippen LogP contribution in [0.25, 0.3) is 21.7 Å². The van der Waals surface area contributed by atoms with Crippen LogP contribution >= 0.6 is 0 Å². The first-order valence-electron chi connectivity index (χ1n) is 8.07. The third-order valence-electron chi connectivity index (χ3n) is 4.22. The molecule has 128 valence electrons. The Balaban J connectivity index is 1.75. The van der Waals surface area contributed by atoms with Crippen molar-refractivity contribution < 1.29 is 13.9 Å². The molecule has 4 rings (SSSR count). The number of amides is 1. The van der Waals surface area contributed by atoms with E-state index in [4.69, 9.17) is 9.15 Å². The molecule has 0 aliphatic carbocycles. The van der Waals surface area contributed by atoms with Crippen LogP contribution in [0.15, 0.2) is 75.9 Å². The summed E-state index contributed by atoms with van der Waals surface area (Å²) in [5.74, 6) is 0.103. The number of carbonyl (C=O) groups excluding carboxylic acids is 1. The van der Waals surface area contributed by atoms with Crippen LogP contribution in [0, 0.1) is 0 Å². The quantitative estimate of drug-likeness (QED) is 0.565. The average Bonchev–Trinajstić information content (AvgIpc) is 2.67. The minimum Gasteiger partial charge on any atom is -0.497 e. The second kappa shape index (κ2) is 6.37. The van der Waals surface area contributed by atoms with Gasteiger partial charge in [-0.3, -0.25) is 4.79 Å². The number of rotatable bonds is 3. The fourth-order valence-electron chi connectivity index (χ4n) is 2.91. The lowest BCUT2D eigenvalue weighted by molar-refractivity contribution is 0.102. The van der Waals surface area contributed by atoms with Crippen molar-refractivity contribution >= 4 is 33.3 Å². The molecule has 0 aliphatic rings. The van der Waals surface area contributed by atoms with Gasteiger partial charge in [-0.05, 0) is 35.7 Å². The van der Waals surface area contributed by atoms with Gasteiger partial charge in [-0.15, -0.1) is 0 Å². The van der Waals surface area contributed by atoms with Crippen LogP contribution in [0.1, 0.15) is 10.4 Å². The second-order valence-electron chi connectivity index (χ2n) is 5.83. The molecular formula is C21H15NO4. The first-order chi connectivity index (χ1) is 12.7. The minimum atomic E-state index is -0.680. The van der Waals surface area contributed by atoms with E-state index in [1.807, 2.05) is 36.4 Å². The Kier molecular flexibility index (Phi) is 3.89. The summed E-state index contributed by atoms with van der Waals surface area (Å²) in [6.45, 7) is 0. The lowest BCUT2D eigenvalue weighted by atomic mass is 10.1. The molecule has 0 saturated heterocycles. The van der Waals surface area contributed by atoms with Crippen LogP contribution in [0.3, 0.4) is 0 Å². The van der Waals surface area contributed by atoms with E-state index in [1.165, 1.54) is 6.07 Å². The lowest BCUT2D eigenvalue weighted by Gasteiger charge is -2.09. The van der Waals surface area contributed by atoms with Gasteiger partial charge in [0.05, 0.1) is 7.11 Å². The third kappa shape index (κ3) is 2.80. The van der Waals surface area contributed by atoms with Gasteiger partial charge in [0.1, 0.15) is 16.9 Å². The number of nitrogens with one attached hydrogen (secondary N) is 1. The third-order valence-corrected chi connectivity index (χ3v) is 4.22. The number of anilines is 1. The molecule has 5 heteroatoms. The molecule has 26 heavy (non-hydrogen) atoms.